The molecule has 0 spiro atoms. The summed E-state index contributed by atoms with van der Waals surface area (Å²) in [6.07, 6.45) is 0. The summed E-state index contributed by atoms with van der Waals surface area (Å²) >= 11 is 30.1. The van der Waals surface area contributed by atoms with Crippen LogP contribution in [-0.2, 0) is 0 Å². The molecule has 0 aliphatic heterocycles. The maximum absolute atomic E-state index is 7.57. The highest BCUT2D eigenvalue weighted by atomic mass is 35.6. The van der Waals surface area contributed by atoms with Gasteiger partial charge in [0.1, 0.15) is 0 Å². The normalized spacial score (nSPS) is 11.1. The average molecular weight is 401 g/mol. The molecule has 0 amide bonds. The first-order valence-corrected chi connectivity index (χ1v) is 8.37. The number of aliphatic hydroxyl groups is 1. The van der Waals surface area contributed by atoms with Crippen molar-refractivity contribution in [2.45, 2.75) is 16.6 Å². The van der Waals surface area contributed by atoms with E-state index in [1.165, 1.54) is 0 Å². The van der Waals surface area contributed by atoms with E-state index in [2.05, 4.69) is 0 Å². The van der Waals surface area contributed by atoms with Crippen LogP contribution in [0.5, 0.6) is 0 Å². The van der Waals surface area contributed by atoms with Crippen LogP contribution in [0.15, 0.2) is 48.5 Å². The van der Waals surface area contributed by atoms with Crippen molar-refractivity contribution in [3.05, 3.63) is 69.7 Å². The number of halogens is 5. The molecule has 22 heavy (non-hydrogen) atoms. The second-order valence-corrected chi connectivity index (χ2v) is 7.64. The molecule has 0 bridgehead atoms. The van der Waals surface area contributed by atoms with Gasteiger partial charge in [0.25, 0.3) is 0 Å². The molecule has 2 aromatic rings. The molecule has 1 N–H and O–H groups in total. The van der Waals surface area contributed by atoms with Crippen molar-refractivity contribution in [3.63, 3.8) is 0 Å². The third-order valence-electron chi connectivity index (χ3n) is 2.73. The standard InChI is InChI=1S/C14H9Cl5.C2H6O/c15-11-5-1-9(2-6-11)13(14(17,18)19)10-3-7-12(16)8-4-10;1-2-3/h1-8,13H;3H,2H2,1H3. The summed E-state index contributed by atoms with van der Waals surface area (Å²) in [7, 11) is 0. The van der Waals surface area contributed by atoms with Crippen LogP contribution < -0.4 is 0 Å². The molecule has 0 aliphatic rings. The molecular weight excluding hydrogens is 385 g/mol. The summed E-state index contributed by atoms with van der Waals surface area (Å²) in [6.45, 7) is 1.93. The maximum atomic E-state index is 7.57. The zero-order chi connectivity index (χ0) is 16.8. The van der Waals surface area contributed by atoms with Crippen molar-refractivity contribution >= 4 is 58.0 Å². The molecule has 1 nitrogen and oxygen atoms in total. The fourth-order valence-electron chi connectivity index (χ4n) is 1.88. The average Bonchev–Trinajstić information content (AvgIpc) is 2.43. The van der Waals surface area contributed by atoms with Gasteiger partial charge in [-0.2, -0.15) is 0 Å². The third kappa shape index (κ3) is 6.16. The van der Waals surface area contributed by atoms with E-state index in [9.17, 15) is 0 Å². The van der Waals surface area contributed by atoms with Gasteiger partial charge < -0.3 is 5.11 Å². The zero-order valence-electron chi connectivity index (χ0n) is 11.7. The van der Waals surface area contributed by atoms with Crippen LogP contribution in [0.25, 0.3) is 0 Å². The predicted molar refractivity (Wildman–Crippen MR) is 97.8 cm³/mol. The Morgan fingerprint density at radius 1 is 0.818 bits per heavy atom. The first kappa shape index (κ1) is 19.9. The van der Waals surface area contributed by atoms with E-state index in [4.69, 9.17) is 63.1 Å². The summed E-state index contributed by atoms with van der Waals surface area (Å²) in [4.78, 5) is 0. The Morgan fingerprint density at radius 3 is 1.32 bits per heavy atom. The van der Waals surface area contributed by atoms with Crippen molar-refractivity contribution in [2.24, 2.45) is 0 Å². The number of aliphatic hydroxyl groups excluding tert-OH is 1. The van der Waals surface area contributed by atoms with Crippen molar-refractivity contribution in [2.75, 3.05) is 6.61 Å². The van der Waals surface area contributed by atoms with Gasteiger partial charge in [-0.15, -0.1) is 0 Å². The second-order valence-electron chi connectivity index (χ2n) is 4.39. The van der Waals surface area contributed by atoms with Gasteiger partial charge >= 0.3 is 0 Å². The summed E-state index contributed by atoms with van der Waals surface area (Å²) < 4.78 is -1.46. The van der Waals surface area contributed by atoms with E-state index in [0.717, 1.165) is 11.1 Å². The molecule has 0 radical (unpaired) electrons. The Hall–Kier alpha value is -0.150. The fourth-order valence-corrected chi connectivity index (χ4v) is 2.89. The third-order valence-corrected chi connectivity index (χ3v) is 3.89. The highest BCUT2D eigenvalue weighted by Crippen LogP contribution is 2.45. The van der Waals surface area contributed by atoms with Gasteiger partial charge in [0, 0.05) is 16.7 Å². The quantitative estimate of drug-likeness (QED) is 0.571. The number of hydrogen-bond donors (Lipinski definition) is 1. The minimum Gasteiger partial charge on any atom is -0.397 e. The summed E-state index contributed by atoms with van der Waals surface area (Å²) in [6, 6.07) is 14.5. The number of benzene rings is 2. The molecule has 0 aromatic heterocycles. The van der Waals surface area contributed by atoms with E-state index >= 15 is 0 Å². The van der Waals surface area contributed by atoms with Crippen molar-refractivity contribution in [1.29, 1.82) is 0 Å². The molecule has 120 valence electrons. The Kier molecular flexibility index (Phi) is 8.34. The topological polar surface area (TPSA) is 20.2 Å². The first-order valence-electron chi connectivity index (χ1n) is 6.48. The predicted octanol–water partition coefficient (Wildman–Crippen LogP) is 6.49. The summed E-state index contributed by atoms with van der Waals surface area (Å²) in [5, 5.41) is 8.85. The monoisotopic (exact) mass is 398 g/mol. The highest BCUT2D eigenvalue weighted by molar-refractivity contribution is 6.68. The van der Waals surface area contributed by atoms with E-state index in [1.54, 1.807) is 31.2 Å². The molecule has 0 saturated carbocycles. The minimum absolute atomic E-state index is 0.250. The lowest BCUT2D eigenvalue weighted by molar-refractivity contribution is 0.318. The highest BCUT2D eigenvalue weighted by Gasteiger charge is 2.35. The van der Waals surface area contributed by atoms with Gasteiger partial charge in [0.15, 0.2) is 0 Å². The van der Waals surface area contributed by atoms with Crippen LogP contribution in [0, 0.1) is 0 Å². The second kappa shape index (κ2) is 9.22. The van der Waals surface area contributed by atoms with Crippen LogP contribution in [0.3, 0.4) is 0 Å². The van der Waals surface area contributed by atoms with Crippen LogP contribution >= 0.6 is 58.0 Å². The minimum atomic E-state index is -1.46. The lowest BCUT2D eigenvalue weighted by Crippen LogP contribution is -2.18. The van der Waals surface area contributed by atoms with Crippen molar-refractivity contribution in [1.82, 2.24) is 0 Å². The summed E-state index contributed by atoms with van der Waals surface area (Å²) in [5.74, 6) is -0.382. The van der Waals surface area contributed by atoms with Gasteiger partial charge in [0.05, 0.1) is 5.92 Å². The Balaban J connectivity index is 0.000000745. The zero-order valence-corrected chi connectivity index (χ0v) is 15.5. The van der Waals surface area contributed by atoms with E-state index in [1.807, 2.05) is 24.3 Å². The number of alkyl halides is 3. The Labute approximate surface area is 155 Å². The van der Waals surface area contributed by atoms with Gasteiger partial charge in [-0.05, 0) is 42.3 Å². The van der Waals surface area contributed by atoms with Crippen LogP contribution in [0.4, 0.5) is 0 Å². The number of hydrogen-bond acceptors (Lipinski definition) is 1. The lowest BCUT2D eigenvalue weighted by Gasteiger charge is -2.25. The maximum Gasteiger partial charge on any atom is 0.201 e. The van der Waals surface area contributed by atoms with Gasteiger partial charge in [-0.1, -0.05) is 82.3 Å². The molecular formula is C16H15Cl5O. The molecule has 0 atom stereocenters. The lowest BCUT2D eigenvalue weighted by atomic mass is 9.92. The van der Waals surface area contributed by atoms with Crippen LogP contribution in [0.2, 0.25) is 10.0 Å². The van der Waals surface area contributed by atoms with Crippen molar-refractivity contribution < 1.29 is 5.11 Å². The van der Waals surface area contributed by atoms with Gasteiger partial charge in [0.2, 0.25) is 3.79 Å². The van der Waals surface area contributed by atoms with E-state index in [0.29, 0.717) is 10.0 Å². The smallest absolute Gasteiger partial charge is 0.201 e. The van der Waals surface area contributed by atoms with Crippen LogP contribution in [0.1, 0.15) is 24.0 Å². The molecule has 0 fully saturated rings. The molecule has 0 aliphatic carbocycles. The fraction of sp³-hybridized carbons (Fsp3) is 0.250. The molecule has 6 heteroatoms. The Morgan fingerprint density at radius 2 is 1.09 bits per heavy atom. The van der Waals surface area contributed by atoms with Crippen molar-refractivity contribution in [3.8, 4) is 0 Å². The van der Waals surface area contributed by atoms with E-state index in [-0.39, 0.29) is 12.5 Å². The number of rotatable bonds is 2. The molecule has 0 saturated heterocycles. The molecule has 2 rings (SSSR count). The van der Waals surface area contributed by atoms with Gasteiger partial charge in [-0.3, -0.25) is 0 Å². The molecule has 0 heterocycles. The van der Waals surface area contributed by atoms with Gasteiger partial charge in [-0.25, -0.2) is 0 Å². The summed E-state index contributed by atoms with van der Waals surface area (Å²) in [5.41, 5.74) is 1.76. The van der Waals surface area contributed by atoms with Crippen LogP contribution in [-0.4, -0.2) is 15.5 Å². The first-order chi connectivity index (χ1) is 10.3. The SMILES string of the molecule is CCO.Clc1ccc(C(c2ccc(Cl)cc2)C(Cl)(Cl)Cl)cc1. The van der Waals surface area contributed by atoms with E-state index < -0.39 is 3.79 Å². The Bertz CT molecular complexity index is 515. The molecule has 2 aromatic carbocycles. The largest absolute Gasteiger partial charge is 0.397 e. The molecule has 0 unspecified atom stereocenters.